The van der Waals surface area contributed by atoms with E-state index in [0.29, 0.717) is 18.0 Å². The molecule has 1 saturated heterocycles. The van der Waals surface area contributed by atoms with Gasteiger partial charge < -0.3 is 4.74 Å². The Hall–Kier alpha value is -1.76. The molecule has 0 bridgehead atoms. The summed E-state index contributed by atoms with van der Waals surface area (Å²) in [6.07, 6.45) is -0.393. The number of benzene rings is 2. The highest BCUT2D eigenvalue weighted by atomic mass is 32.2. The van der Waals surface area contributed by atoms with Crippen LogP contribution in [0.4, 0.5) is 4.39 Å². The molecule has 0 aliphatic carbocycles. The van der Waals surface area contributed by atoms with Gasteiger partial charge in [-0.05, 0) is 49.6 Å². The first-order chi connectivity index (χ1) is 11.8. The second kappa shape index (κ2) is 6.86. The van der Waals surface area contributed by atoms with Crippen LogP contribution in [0.1, 0.15) is 28.4 Å². The average Bonchev–Trinajstić information content (AvgIpc) is 2.54. The summed E-state index contributed by atoms with van der Waals surface area (Å²) < 4.78 is 46.7. The van der Waals surface area contributed by atoms with Crippen LogP contribution in [0.25, 0.3) is 0 Å². The third-order valence-electron chi connectivity index (χ3n) is 4.47. The van der Waals surface area contributed by atoms with E-state index in [1.54, 1.807) is 12.1 Å². The van der Waals surface area contributed by atoms with E-state index >= 15 is 0 Å². The summed E-state index contributed by atoms with van der Waals surface area (Å²) in [7, 11) is -3.61. The Morgan fingerprint density at radius 3 is 2.28 bits per heavy atom. The molecule has 134 valence electrons. The molecule has 0 radical (unpaired) electrons. The lowest BCUT2D eigenvalue weighted by Gasteiger charge is -2.33. The summed E-state index contributed by atoms with van der Waals surface area (Å²) in [6, 6.07) is 9.77. The van der Waals surface area contributed by atoms with E-state index in [-0.39, 0.29) is 12.4 Å². The maximum atomic E-state index is 13.2. The quantitative estimate of drug-likeness (QED) is 0.838. The summed E-state index contributed by atoms with van der Waals surface area (Å²) in [6.45, 7) is 6.45. The van der Waals surface area contributed by atoms with Crippen LogP contribution in [0.2, 0.25) is 0 Å². The molecule has 0 saturated carbocycles. The van der Waals surface area contributed by atoms with Gasteiger partial charge in [-0.1, -0.05) is 29.8 Å². The summed E-state index contributed by atoms with van der Waals surface area (Å²) >= 11 is 0. The van der Waals surface area contributed by atoms with Gasteiger partial charge in [0.1, 0.15) is 5.82 Å². The van der Waals surface area contributed by atoms with E-state index in [1.165, 1.54) is 16.4 Å². The molecule has 0 spiro atoms. The Labute approximate surface area is 148 Å². The van der Waals surface area contributed by atoms with Crippen molar-refractivity contribution in [3.63, 3.8) is 0 Å². The van der Waals surface area contributed by atoms with Gasteiger partial charge in [0.2, 0.25) is 10.0 Å². The summed E-state index contributed by atoms with van der Waals surface area (Å²) in [5.74, 6) is -0.324. The molecule has 25 heavy (non-hydrogen) atoms. The molecule has 0 N–H and O–H groups in total. The first-order valence-corrected chi connectivity index (χ1v) is 9.68. The van der Waals surface area contributed by atoms with Crippen molar-refractivity contribution in [2.75, 3.05) is 19.7 Å². The topological polar surface area (TPSA) is 46.6 Å². The molecule has 1 unspecified atom stereocenters. The number of hydrogen-bond acceptors (Lipinski definition) is 3. The highest BCUT2D eigenvalue weighted by molar-refractivity contribution is 7.89. The predicted molar refractivity (Wildman–Crippen MR) is 94.5 cm³/mol. The van der Waals surface area contributed by atoms with Crippen LogP contribution in [0.5, 0.6) is 0 Å². The van der Waals surface area contributed by atoms with Gasteiger partial charge in [-0.15, -0.1) is 0 Å². The van der Waals surface area contributed by atoms with Crippen molar-refractivity contribution in [3.05, 3.63) is 64.5 Å². The molecule has 2 aromatic carbocycles. The number of rotatable bonds is 3. The maximum Gasteiger partial charge on any atom is 0.243 e. The Bertz CT molecular complexity index is 855. The summed E-state index contributed by atoms with van der Waals surface area (Å²) in [5, 5.41) is 0. The number of nitrogens with zero attached hydrogens (tertiary/aromatic N) is 1. The molecule has 1 atom stereocenters. The van der Waals surface area contributed by atoms with Crippen molar-refractivity contribution in [1.82, 2.24) is 4.31 Å². The molecular weight excluding hydrogens is 341 g/mol. The summed E-state index contributed by atoms with van der Waals surface area (Å²) in [4.78, 5) is 0.373. The summed E-state index contributed by atoms with van der Waals surface area (Å²) in [5.41, 5.74) is 3.32. The van der Waals surface area contributed by atoms with Gasteiger partial charge in [-0.2, -0.15) is 4.31 Å². The van der Waals surface area contributed by atoms with Crippen LogP contribution < -0.4 is 0 Å². The standard InChI is InChI=1S/C19H22FNO3S/c1-13-10-14(2)19(15(3)11-13)25(22,23)21-8-9-24-18(12-21)16-4-6-17(20)7-5-16/h4-7,10-11,18H,8-9,12H2,1-3H3. The average molecular weight is 363 g/mol. The number of ether oxygens (including phenoxy) is 1. The molecule has 0 aromatic heterocycles. The fraction of sp³-hybridized carbons (Fsp3) is 0.368. The van der Waals surface area contributed by atoms with Gasteiger partial charge in [0.25, 0.3) is 0 Å². The molecule has 0 amide bonds. The van der Waals surface area contributed by atoms with Gasteiger partial charge in [-0.25, -0.2) is 12.8 Å². The molecule has 1 heterocycles. The molecule has 1 aliphatic heterocycles. The zero-order valence-corrected chi connectivity index (χ0v) is 15.4. The number of sulfonamides is 1. The second-order valence-corrected chi connectivity index (χ2v) is 8.38. The third-order valence-corrected chi connectivity index (χ3v) is 6.64. The minimum Gasteiger partial charge on any atom is -0.371 e. The molecule has 1 aliphatic rings. The van der Waals surface area contributed by atoms with Crippen molar-refractivity contribution in [2.45, 2.75) is 31.8 Å². The molecule has 2 aromatic rings. The predicted octanol–water partition coefficient (Wildman–Crippen LogP) is 3.51. The molecular formula is C19H22FNO3S. The van der Waals surface area contributed by atoms with E-state index in [0.717, 1.165) is 22.3 Å². The van der Waals surface area contributed by atoms with Crippen LogP contribution >= 0.6 is 0 Å². The van der Waals surface area contributed by atoms with E-state index in [9.17, 15) is 12.8 Å². The van der Waals surface area contributed by atoms with E-state index in [1.807, 2.05) is 32.9 Å². The van der Waals surface area contributed by atoms with Crippen LogP contribution in [0, 0.1) is 26.6 Å². The SMILES string of the molecule is Cc1cc(C)c(S(=O)(=O)N2CCOC(c3ccc(F)cc3)C2)c(C)c1. The van der Waals surface area contributed by atoms with Crippen molar-refractivity contribution < 1.29 is 17.5 Å². The van der Waals surface area contributed by atoms with Crippen molar-refractivity contribution in [3.8, 4) is 0 Å². The molecule has 6 heteroatoms. The monoisotopic (exact) mass is 363 g/mol. The molecule has 1 fully saturated rings. The van der Waals surface area contributed by atoms with Crippen LogP contribution in [-0.4, -0.2) is 32.4 Å². The highest BCUT2D eigenvalue weighted by Gasteiger charge is 2.33. The third kappa shape index (κ3) is 3.61. The Kier molecular flexibility index (Phi) is 4.95. The van der Waals surface area contributed by atoms with Crippen LogP contribution in [0.15, 0.2) is 41.3 Å². The molecule has 3 rings (SSSR count). The Balaban J connectivity index is 1.91. The van der Waals surface area contributed by atoms with Gasteiger partial charge in [0.05, 0.1) is 17.6 Å². The lowest BCUT2D eigenvalue weighted by atomic mass is 10.1. The van der Waals surface area contributed by atoms with Gasteiger partial charge in [0.15, 0.2) is 0 Å². The van der Waals surface area contributed by atoms with E-state index in [4.69, 9.17) is 4.74 Å². The van der Waals surface area contributed by atoms with E-state index in [2.05, 4.69) is 0 Å². The first-order valence-electron chi connectivity index (χ1n) is 8.24. The van der Waals surface area contributed by atoms with Gasteiger partial charge in [0, 0.05) is 13.1 Å². The zero-order chi connectivity index (χ0) is 18.2. The molecule has 4 nitrogen and oxygen atoms in total. The van der Waals surface area contributed by atoms with Crippen molar-refractivity contribution >= 4 is 10.0 Å². The van der Waals surface area contributed by atoms with Crippen molar-refractivity contribution in [1.29, 1.82) is 0 Å². The Morgan fingerprint density at radius 2 is 1.68 bits per heavy atom. The largest absolute Gasteiger partial charge is 0.371 e. The number of morpholine rings is 1. The maximum absolute atomic E-state index is 13.2. The van der Waals surface area contributed by atoms with Gasteiger partial charge >= 0.3 is 0 Å². The number of halogens is 1. The highest BCUT2D eigenvalue weighted by Crippen LogP contribution is 2.30. The minimum absolute atomic E-state index is 0.223. The zero-order valence-electron chi connectivity index (χ0n) is 14.6. The minimum atomic E-state index is -3.61. The fourth-order valence-electron chi connectivity index (χ4n) is 3.43. The number of hydrogen-bond donors (Lipinski definition) is 0. The smallest absolute Gasteiger partial charge is 0.243 e. The lowest BCUT2D eigenvalue weighted by molar-refractivity contribution is -0.00260. The second-order valence-electron chi connectivity index (χ2n) is 6.50. The fourth-order valence-corrected chi connectivity index (χ4v) is 5.26. The lowest BCUT2D eigenvalue weighted by Crippen LogP contribution is -2.42. The Morgan fingerprint density at radius 1 is 1.08 bits per heavy atom. The van der Waals surface area contributed by atoms with Gasteiger partial charge in [-0.3, -0.25) is 0 Å². The normalized spacial score (nSPS) is 19.1. The van der Waals surface area contributed by atoms with Crippen molar-refractivity contribution in [2.24, 2.45) is 0 Å². The van der Waals surface area contributed by atoms with Crippen LogP contribution in [0.3, 0.4) is 0 Å². The first kappa shape index (κ1) is 18.0. The van der Waals surface area contributed by atoms with Crippen LogP contribution in [-0.2, 0) is 14.8 Å². The number of aryl methyl sites for hydroxylation is 3. The van der Waals surface area contributed by atoms with E-state index < -0.39 is 16.1 Å².